The molecule has 9 nitrogen and oxygen atoms in total. The summed E-state index contributed by atoms with van der Waals surface area (Å²) in [5.41, 5.74) is 0.317. The van der Waals surface area contributed by atoms with Gasteiger partial charge in [-0.3, -0.25) is 10.2 Å². The molecule has 1 atom stereocenters. The molecule has 1 aliphatic rings. The van der Waals surface area contributed by atoms with Crippen molar-refractivity contribution in [1.29, 1.82) is 5.41 Å². The van der Waals surface area contributed by atoms with Crippen LogP contribution >= 0.6 is 0 Å². The Balaban J connectivity index is 1.83. The number of rotatable bonds is 11. The fraction of sp³-hybridized carbons (Fsp3) is 0.333. The Morgan fingerprint density at radius 2 is 1.74 bits per heavy atom. The summed E-state index contributed by atoms with van der Waals surface area (Å²) in [6.45, 7) is 4.37. The number of carbonyl (C=O) groups is 1. The summed E-state index contributed by atoms with van der Waals surface area (Å²) in [7, 11) is -4.38. The Morgan fingerprint density at radius 1 is 1.10 bits per heavy atom. The molecule has 3 N–H and O–H groups in total. The number of piperazine rings is 1. The number of benzene rings is 2. The maximum absolute atomic E-state index is 13.9. The number of amidine groups is 1. The highest BCUT2D eigenvalue weighted by molar-refractivity contribution is 7.89. The van der Waals surface area contributed by atoms with Crippen molar-refractivity contribution >= 4 is 21.8 Å². The van der Waals surface area contributed by atoms with Crippen molar-refractivity contribution in [2.45, 2.75) is 43.1 Å². The minimum absolute atomic E-state index is 0.0136. The van der Waals surface area contributed by atoms with Crippen LogP contribution in [0, 0.1) is 5.41 Å². The normalized spacial score (nSPS) is 16.7. The van der Waals surface area contributed by atoms with E-state index in [4.69, 9.17) is 5.41 Å². The quantitative estimate of drug-likeness (QED) is 0.197. The molecule has 1 amide bonds. The number of ether oxygens (including phenoxy) is 1. The molecule has 0 aromatic heterocycles. The summed E-state index contributed by atoms with van der Waals surface area (Å²) in [5.74, 6) is -4.35. The minimum atomic E-state index is -4.96. The van der Waals surface area contributed by atoms with Crippen LogP contribution in [0.15, 0.2) is 78.5 Å². The van der Waals surface area contributed by atoms with Gasteiger partial charge in [0.15, 0.2) is 0 Å². The summed E-state index contributed by atoms with van der Waals surface area (Å²) >= 11 is 0. The standard InChI is InChI=1S/C27H30F5N5O4S/c1-3-26(28,29)20-7-5-19(6-8-20)17-35-25(38)23-18-36(24(33)13-14-34-4-2)15-16-37(23)42(39,40)22-11-9-21(10-12-22)41-27(30,31)32/h4-14,23,33-34H,2-3,15-18H2,1H3,(H,35,38)/t23-/m1/s1. The van der Waals surface area contributed by atoms with Crippen LogP contribution in [-0.4, -0.2) is 61.4 Å². The van der Waals surface area contributed by atoms with Gasteiger partial charge in [0, 0.05) is 44.4 Å². The Kier molecular flexibility index (Phi) is 10.3. The van der Waals surface area contributed by atoms with Crippen molar-refractivity contribution in [2.75, 3.05) is 19.6 Å². The molecule has 1 aliphatic heterocycles. The molecule has 1 fully saturated rings. The zero-order valence-electron chi connectivity index (χ0n) is 22.5. The van der Waals surface area contributed by atoms with E-state index in [9.17, 15) is 35.2 Å². The zero-order valence-corrected chi connectivity index (χ0v) is 23.3. The first-order valence-corrected chi connectivity index (χ1v) is 14.1. The first-order chi connectivity index (χ1) is 19.7. The third kappa shape index (κ3) is 8.28. The van der Waals surface area contributed by atoms with Crippen molar-refractivity contribution in [1.82, 2.24) is 19.8 Å². The summed E-state index contributed by atoms with van der Waals surface area (Å²) in [5, 5.41) is 13.6. The highest BCUT2D eigenvalue weighted by Crippen LogP contribution is 2.31. The molecular weight excluding hydrogens is 585 g/mol. The van der Waals surface area contributed by atoms with Gasteiger partial charge in [0.2, 0.25) is 15.9 Å². The number of amides is 1. The molecular formula is C27H30F5N5O4S. The van der Waals surface area contributed by atoms with Gasteiger partial charge in [-0.05, 0) is 42.1 Å². The summed E-state index contributed by atoms with van der Waals surface area (Å²) in [6, 6.07) is 7.61. The van der Waals surface area contributed by atoms with Crippen molar-refractivity contribution in [3.8, 4) is 5.75 Å². The van der Waals surface area contributed by atoms with E-state index in [1.54, 1.807) is 0 Å². The number of sulfonamides is 1. The highest BCUT2D eigenvalue weighted by atomic mass is 32.2. The Bertz CT molecular complexity index is 1400. The van der Waals surface area contributed by atoms with Gasteiger partial charge in [-0.15, -0.1) is 13.2 Å². The number of carbonyl (C=O) groups excluding carboxylic acids is 1. The topological polar surface area (TPSA) is 115 Å². The highest BCUT2D eigenvalue weighted by Gasteiger charge is 2.41. The van der Waals surface area contributed by atoms with Gasteiger partial charge in [-0.25, -0.2) is 17.2 Å². The molecule has 0 aliphatic carbocycles. The van der Waals surface area contributed by atoms with Gasteiger partial charge in [0.05, 0.1) is 4.90 Å². The van der Waals surface area contributed by atoms with E-state index in [2.05, 4.69) is 21.9 Å². The van der Waals surface area contributed by atoms with E-state index in [1.165, 1.54) is 54.6 Å². The molecule has 0 spiro atoms. The number of nitrogens with zero attached hydrogens (tertiary/aromatic N) is 2. The third-order valence-electron chi connectivity index (χ3n) is 6.38. The first-order valence-electron chi connectivity index (χ1n) is 12.7. The van der Waals surface area contributed by atoms with Crippen LogP contribution in [0.4, 0.5) is 22.0 Å². The molecule has 15 heteroatoms. The summed E-state index contributed by atoms with van der Waals surface area (Å²) in [6.07, 6.45) is -1.13. The van der Waals surface area contributed by atoms with Gasteiger partial charge in [-0.1, -0.05) is 37.8 Å². The van der Waals surface area contributed by atoms with Crippen LogP contribution in [-0.2, 0) is 27.3 Å². The van der Waals surface area contributed by atoms with Crippen molar-refractivity contribution in [2.24, 2.45) is 0 Å². The second-order valence-electron chi connectivity index (χ2n) is 9.16. The van der Waals surface area contributed by atoms with Crippen LogP contribution in [0.25, 0.3) is 0 Å². The van der Waals surface area contributed by atoms with Gasteiger partial charge in [0.25, 0.3) is 5.92 Å². The van der Waals surface area contributed by atoms with Gasteiger partial charge in [-0.2, -0.15) is 4.31 Å². The average Bonchev–Trinajstić information content (AvgIpc) is 2.95. The molecule has 0 unspecified atom stereocenters. The first kappa shape index (κ1) is 32.5. The van der Waals surface area contributed by atoms with Crippen LogP contribution in [0.2, 0.25) is 0 Å². The minimum Gasteiger partial charge on any atom is -0.406 e. The molecule has 2 aromatic rings. The van der Waals surface area contributed by atoms with Crippen molar-refractivity contribution < 1.29 is 39.9 Å². The van der Waals surface area contributed by atoms with Crippen molar-refractivity contribution in [3.05, 3.63) is 84.7 Å². The molecule has 42 heavy (non-hydrogen) atoms. The predicted octanol–water partition coefficient (Wildman–Crippen LogP) is 4.30. The Labute approximate surface area is 240 Å². The lowest BCUT2D eigenvalue weighted by molar-refractivity contribution is -0.274. The number of nitrogens with one attached hydrogen (secondary N) is 3. The summed E-state index contributed by atoms with van der Waals surface area (Å²) < 4.78 is 97.2. The van der Waals surface area contributed by atoms with Gasteiger partial charge >= 0.3 is 6.36 Å². The van der Waals surface area contributed by atoms with E-state index in [-0.39, 0.29) is 48.9 Å². The zero-order chi connectivity index (χ0) is 31.1. The van der Waals surface area contributed by atoms with Crippen LogP contribution < -0.4 is 15.4 Å². The number of hydrogen-bond donors (Lipinski definition) is 3. The lowest BCUT2D eigenvalue weighted by atomic mass is 10.0. The van der Waals surface area contributed by atoms with E-state index < -0.39 is 40.0 Å². The molecule has 0 saturated carbocycles. The molecule has 228 valence electrons. The maximum atomic E-state index is 13.9. The fourth-order valence-corrected chi connectivity index (χ4v) is 5.68. The Morgan fingerprint density at radius 3 is 2.31 bits per heavy atom. The fourth-order valence-electron chi connectivity index (χ4n) is 4.11. The second-order valence-corrected chi connectivity index (χ2v) is 11.0. The van der Waals surface area contributed by atoms with E-state index >= 15 is 0 Å². The third-order valence-corrected chi connectivity index (χ3v) is 8.30. The molecule has 0 radical (unpaired) electrons. The van der Waals surface area contributed by atoms with Crippen LogP contribution in [0.1, 0.15) is 24.5 Å². The number of hydrogen-bond acceptors (Lipinski definition) is 6. The predicted molar refractivity (Wildman–Crippen MR) is 145 cm³/mol. The van der Waals surface area contributed by atoms with Gasteiger partial charge in [0.1, 0.15) is 17.6 Å². The summed E-state index contributed by atoms with van der Waals surface area (Å²) in [4.78, 5) is 14.5. The van der Waals surface area contributed by atoms with E-state index in [0.717, 1.165) is 28.6 Å². The lowest BCUT2D eigenvalue weighted by Gasteiger charge is -2.40. The molecule has 3 rings (SSSR count). The van der Waals surface area contributed by atoms with Gasteiger partial charge < -0.3 is 20.3 Å². The SMILES string of the molecule is C=CNC=CC(=N)N1CCN(S(=O)(=O)c2ccc(OC(F)(F)F)cc2)[C@@H](C(=O)NCc2ccc(C(F)(F)CC)cc2)C1. The monoisotopic (exact) mass is 615 g/mol. The van der Waals surface area contributed by atoms with Crippen LogP contribution in [0.5, 0.6) is 5.75 Å². The van der Waals surface area contributed by atoms with E-state index in [1.807, 2.05) is 0 Å². The largest absolute Gasteiger partial charge is 0.573 e. The maximum Gasteiger partial charge on any atom is 0.573 e. The molecule has 0 bridgehead atoms. The van der Waals surface area contributed by atoms with E-state index in [0.29, 0.717) is 5.56 Å². The Hall–Kier alpha value is -3.98. The molecule has 2 aromatic carbocycles. The number of alkyl halides is 5. The molecule has 1 saturated heterocycles. The second kappa shape index (κ2) is 13.3. The van der Waals surface area contributed by atoms with Crippen LogP contribution in [0.3, 0.4) is 0 Å². The molecule has 1 heterocycles. The van der Waals surface area contributed by atoms with Crippen molar-refractivity contribution in [3.63, 3.8) is 0 Å². The lowest BCUT2D eigenvalue weighted by Crippen LogP contribution is -2.61. The average molecular weight is 616 g/mol. The smallest absolute Gasteiger partial charge is 0.406 e. The number of halogens is 5.